The van der Waals surface area contributed by atoms with Crippen LogP contribution in [-0.2, 0) is 0 Å². The summed E-state index contributed by atoms with van der Waals surface area (Å²) in [6.45, 7) is 2.22. The predicted molar refractivity (Wildman–Crippen MR) is 114 cm³/mol. The van der Waals surface area contributed by atoms with Gasteiger partial charge in [-0.1, -0.05) is 36.6 Å². The number of allylic oxidation sites excluding steroid dienone is 2. The average molecular weight is 392 g/mol. The van der Waals surface area contributed by atoms with Gasteiger partial charge in [-0.15, -0.1) is 0 Å². The zero-order chi connectivity index (χ0) is 19.8. The van der Waals surface area contributed by atoms with E-state index in [-0.39, 0.29) is 24.7 Å². The molecule has 0 bridgehead atoms. The zero-order valence-corrected chi connectivity index (χ0v) is 17.4. The zero-order valence-electron chi connectivity index (χ0n) is 17.4. The van der Waals surface area contributed by atoms with Crippen molar-refractivity contribution in [3.05, 3.63) is 23.8 Å². The molecule has 3 aliphatic rings. The molecule has 4 heteroatoms. The van der Waals surface area contributed by atoms with E-state index in [2.05, 4.69) is 17.5 Å². The maximum Gasteiger partial charge on any atom is 0.0749 e. The Morgan fingerprint density at radius 1 is 1.07 bits per heavy atom. The van der Waals surface area contributed by atoms with Gasteiger partial charge in [0, 0.05) is 12.5 Å². The summed E-state index contributed by atoms with van der Waals surface area (Å²) in [6, 6.07) is 0. The number of rotatable bonds is 11. The molecule has 4 N–H and O–H groups in total. The van der Waals surface area contributed by atoms with E-state index in [1.807, 2.05) is 6.08 Å². The minimum atomic E-state index is -0.323. The van der Waals surface area contributed by atoms with Crippen LogP contribution in [0.15, 0.2) is 23.8 Å². The summed E-state index contributed by atoms with van der Waals surface area (Å²) in [5, 5.41) is 33.1. The summed E-state index contributed by atoms with van der Waals surface area (Å²) in [5.74, 6) is 1.85. The van der Waals surface area contributed by atoms with Gasteiger partial charge in [0.05, 0.1) is 12.2 Å². The monoisotopic (exact) mass is 391 g/mol. The summed E-state index contributed by atoms with van der Waals surface area (Å²) in [6.07, 6.45) is 18.4. The van der Waals surface area contributed by atoms with Gasteiger partial charge in [0.2, 0.25) is 0 Å². The smallest absolute Gasteiger partial charge is 0.0749 e. The molecule has 160 valence electrons. The first-order chi connectivity index (χ1) is 13.7. The molecule has 0 radical (unpaired) electrons. The van der Waals surface area contributed by atoms with Gasteiger partial charge in [-0.3, -0.25) is 0 Å². The molecule has 5 atom stereocenters. The number of fused-ring (bicyclic) bond motifs is 1. The van der Waals surface area contributed by atoms with Crippen LogP contribution < -0.4 is 5.32 Å². The van der Waals surface area contributed by atoms with Gasteiger partial charge >= 0.3 is 0 Å². The van der Waals surface area contributed by atoms with E-state index in [0.717, 1.165) is 58.0 Å². The maximum atomic E-state index is 10.5. The van der Waals surface area contributed by atoms with Crippen LogP contribution in [-0.4, -0.2) is 47.2 Å². The van der Waals surface area contributed by atoms with Crippen molar-refractivity contribution in [2.75, 3.05) is 19.7 Å². The van der Waals surface area contributed by atoms with Crippen molar-refractivity contribution in [3.63, 3.8) is 0 Å². The third-order valence-corrected chi connectivity index (χ3v) is 7.28. The molecule has 0 heterocycles. The lowest BCUT2D eigenvalue weighted by Crippen LogP contribution is -2.19. The number of aliphatic hydroxyl groups excluding tert-OH is 3. The number of nitrogens with one attached hydrogen (secondary N) is 1. The van der Waals surface area contributed by atoms with Gasteiger partial charge in [-0.05, 0) is 88.6 Å². The van der Waals surface area contributed by atoms with E-state index in [1.54, 1.807) is 5.57 Å². The highest BCUT2D eigenvalue weighted by Gasteiger charge is 2.45. The minimum Gasteiger partial charge on any atom is -0.396 e. The van der Waals surface area contributed by atoms with E-state index in [4.69, 9.17) is 5.11 Å². The molecule has 0 saturated heterocycles. The van der Waals surface area contributed by atoms with Gasteiger partial charge in [0.1, 0.15) is 0 Å². The molecule has 0 aromatic heterocycles. The second kappa shape index (κ2) is 11.5. The average Bonchev–Trinajstić information content (AvgIpc) is 3.39. The largest absolute Gasteiger partial charge is 0.396 e. The fourth-order valence-corrected chi connectivity index (χ4v) is 5.67. The first kappa shape index (κ1) is 22.0. The topological polar surface area (TPSA) is 72.7 Å². The first-order valence-electron chi connectivity index (χ1n) is 11.7. The van der Waals surface area contributed by atoms with Crippen molar-refractivity contribution >= 4 is 0 Å². The lowest BCUT2D eigenvalue weighted by atomic mass is 9.89. The molecule has 3 fully saturated rings. The molecular formula is C24H41NO3. The molecule has 3 rings (SSSR count). The quantitative estimate of drug-likeness (QED) is 0.321. The Morgan fingerprint density at radius 3 is 2.64 bits per heavy atom. The van der Waals surface area contributed by atoms with Crippen LogP contribution >= 0.6 is 0 Å². The summed E-state index contributed by atoms with van der Waals surface area (Å²) in [5.41, 5.74) is 1.59. The van der Waals surface area contributed by atoms with Crippen LogP contribution in [0.2, 0.25) is 0 Å². The number of hydrogen-bond donors (Lipinski definition) is 4. The Balaban J connectivity index is 1.40. The maximum absolute atomic E-state index is 10.5. The standard InChI is InChI=1S/C24H41NO3/c26-14-6-13-25-12-5-1-2-7-18-15-20-17-24(28)21(22(20)16-18)10-11-23(27)19-8-3-4-9-19/h7,10-11,19-28H,1-6,8-9,12-17H2/t20-,21+,22-,23+,24+/m0/s1. The SMILES string of the molecule is OCCCNCCCCC=C1C[C@H]2C[C@@H](O)[C@H](C=C[C@@H](O)C3CCCC3)[C@H]2C1. The Labute approximate surface area is 171 Å². The summed E-state index contributed by atoms with van der Waals surface area (Å²) in [4.78, 5) is 0. The van der Waals surface area contributed by atoms with Gasteiger partial charge in [0.25, 0.3) is 0 Å². The van der Waals surface area contributed by atoms with E-state index >= 15 is 0 Å². The number of unbranched alkanes of at least 4 members (excludes halogenated alkanes) is 2. The molecule has 0 amide bonds. The van der Waals surface area contributed by atoms with Crippen LogP contribution in [0.25, 0.3) is 0 Å². The fourth-order valence-electron chi connectivity index (χ4n) is 5.67. The molecule has 0 aromatic carbocycles. The van der Waals surface area contributed by atoms with Gasteiger partial charge in [-0.2, -0.15) is 0 Å². The molecular weight excluding hydrogens is 350 g/mol. The predicted octanol–water partition coefficient (Wildman–Crippen LogP) is 3.57. The van der Waals surface area contributed by atoms with Gasteiger partial charge < -0.3 is 20.6 Å². The highest BCUT2D eigenvalue weighted by atomic mass is 16.3. The fraction of sp³-hybridized carbons (Fsp3) is 0.833. The number of hydrogen-bond acceptors (Lipinski definition) is 4. The van der Waals surface area contributed by atoms with E-state index in [9.17, 15) is 10.2 Å². The van der Waals surface area contributed by atoms with Gasteiger partial charge in [0.15, 0.2) is 0 Å². The molecule has 0 unspecified atom stereocenters. The highest BCUT2D eigenvalue weighted by molar-refractivity contribution is 5.18. The van der Waals surface area contributed by atoms with Crippen LogP contribution in [0.4, 0.5) is 0 Å². The second-order valence-corrected chi connectivity index (χ2v) is 9.32. The Bertz CT molecular complexity index is 512. The Kier molecular flexibility index (Phi) is 9.04. The van der Waals surface area contributed by atoms with Crippen molar-refractivity contribution in [1.29, 1.82) is 0 Å². The third kappa shape index (κ3) is 6.16. The minimum absolute atomic E-state index is 0.225. The van der Waals surface area contributed by atoms with Crippen LogP contribution in [0.1, 0.15) is 70.6 Å². The molecule has 3 saturated carbocycles. The lowest BCUT2D eigenvalue weighted by Gasteiger charge is -2.19. The van der Waals surface area contributed by atoms with Crippen molar-refractivity contribution < 1.29 is 15.3 Å². The van der Waals surface area contributed by atoms with Crippen LogP contribution in [0.3, 0.4) is 0 Å². The molecule has 28 heavy (non-hydrogen) atoms. The summed E-state index contributed by atoms with van der Waals surface area (Å²) in [7, 11) is 0. The van der Waals surface area contributed by atoms with E-state index in [1.165, 1.54) is 25.7 Å². The molecule has 0 spiro atoms. The molecule has 0 aromatic rings. The van der Waals surface area contributed by atoms with Crippen LogP contribution in [0, 0.1) is 23.7 Å². The second-order valence-electron chi connectivity index (χ2n) is 9.32. The Morgan fingerprint density at radius 2 is 1.86 bits per heavy atom. The normalized spacial score (nSPS) is 33.3. The molecule has 0 aliphatic heterocycles. The summed E-state index contributed by atoms with van der Waals surface area (Å²) >= 11 is 0. The third-order valence-electron chi connectivity index (χ3n) is 7.28. The van der Waals surface area contributed by atoms with Crippen LogP contribution in [0.5, 0.6) is 0 Å². The van der Waals surface area contributed by atoms with Crippen molar-refractivity contribution in [1.82, 2.24) is 5.32 Å². The van der Waals surface area contributed by atoms with E-state index < -0.39 is 0 Å². The first-order valence-corrected chi connectivity index (χ1v) is 11.7. The lowest BCUT2D eigenvalue weighted by molar-refractivity contribution is 0.135. The van der Waals surface area contributed by atoms with Crippen molar-refractivity contribution in [3.8, 4) is 0 Å². The Hall–Kier alpha value is -0.680. The summed E-state index contributed by atoms with van der Waals surface area (Å²) < 4.78 is 0. The van der Waals surface area contributed by atoms with Gasteiger partial charge in [-0.25, -0.2) is 0 Å². The molecule has 4 nitrogen and oxygen atoms in total. The van der Waals surface area contributed by atoms with Crippen molar-refractivity contribution in [2.45, 2.75) is 82.8 Å². The molecule has 3 aliphatic carbocycles. The van der Waals surface area contributed by atoms with Crippen molar-refractivity contribution in [2.24, 2.45) is 23.7 Å². The van der Waals surface area contributed by atoms with E-state index in [0.29, 0.717) is 17.8 Å². The number of aliphatic hydroxyl groups is 3. The highest BCUT2D eigenvalue weighted by Crippen LogP contribution is 2.50.